The van der Waals surface area contributed by atoms with Crippen LogP contribution in [0.3, 0.4) is 0 Å². The third-order valence-electron chi connectivity index (χ3n) is 4.80. The summed E-state index contributed by atoms with van der Waals surface area (Å²) in [4.78, 5) is 36.2. The number of carbonyl (C=O) groups excluding carboxylic acids is 2. The maximum absolute atomic E-state index is 13.1. The normalized spacial score (nSPS) is 16.8. The van der Waals surface area contributed by atoms with Gasteiger partial charge in [-0.25, -0.2) is 4.98 Å². The van der Waals surface area contributed by atoms with Crippen molar-refractivity contribution in [1.82, 2.24) is 20.2 Å². The number of nitrogens with one attached hydrogen (secondary N) is 2. The number of piperazine rings is 1. The van der Waals surface area contributed by atoms with Crippen molar-refractivity contribution in [2.45, 2.75) is 13.0 Å². The fourth-order valence-electron chi connectivity index (χ4n) is 3.28. The van der Waals surface area contributed by atoms with E-state index in [1.54, 1.807) is 23.2 Å². The first kappa shape index (κ1) is 18.1. The van der Waals surface area contributed by atoms with Crippen molar-refractivity contribution in [3.63, 3.8) is 0 Å². The van der Waals surface area contributed by atoms with Crippen LogP contribution in [0.5, 0.6) is 0 Å². The lowest BCUT2D eigenvalue weighted by molar-refractivity contribution is -0.121. The van der Waals surface area contributed by atoms with E-state index in [0.717, 1.165) is 16.6 Å². The lowest BCUT2D eigenvalue weighted by atomic mass is 10.1. The van der Waals surface area contributed by atoms with Gasteiger partial charge in [0.1, 0.15) is 11.7 Å². The van der Waals surface area contributed by atoms with E-state index in [1.165, 1.54) is 0 Å². The van der Waals surface area contributed by atoms with Gasteiger partial charge in [0.15, 0.2) is 0 Å². The Morgan fingerprint density at radius 3 is 2.82 bits per heavy atom. The number of anilines is 1. The van der Waals surface area contributed by atoms with Crippen molar-refractivity contribution in [2.24, 2.45) is 0 Å². The molecule has 1 aliphatic heterocycles. The Kier molecular flexibility index (Phi) is 4.99. The van der Waals surface area contributed by atoms with Crippen LogP contribution in [0, 0.1) is 6.92 Å². The predicted molar refractivity (Wildman–Crippen MR) is 107 cm³/mol. The number of benzene rings is 1. The molecule has 0 aliphatic carbocycles. The number of pyridine rings is 2. The molecule has 3 aromatic rings. The highest BCUT2D eigenvalue weighted by molar-refractivity contribution is 6.01. The molecule has 2 aromatic heterocycles. The van der Waals surface area contributed by atoms with Crippen LogP contribution >= 0.6 is 0 Å². The quantitative estimate of drug-likeness (QED) is 0.731. The van der Waals surface area contributed by atoms with Crippen molar-refractivity contribution in [3.8, 4) is 0 Å². The Morgan fingerprint density at radius 1 is 1.14 bits per heavy atom. The number of nitrogens with zero attached hydrogens (tertiary/aromatic N) is 3. The molecule has 0 bridgehead atoms. The Labute approximate surface area is 162 Å². The van der Waals surface area contributed by atoms with Crippen LogP contribution in [0.1, 0.15) is 16.2 Å². The summed E-state index contributed by atoms with van der Waals surface area (Å²) in [5.74, 6) is -0.485. The van der Waals surface area contributed by atoms with Crippen LogP contribution in [0.2, 0.25) is 0 Å². The monoisotopic (exact) mass is 375 g/mol. The maximum Gasteiger partial charge on any atom is 0.273 e. The van der Waals surface area contributed by atoms with Gasteiger partial charge in [-0.05, 0) is 31.2 Å². The summed E-state index contributed by atoms with van der Waals surface area (Å²) in [7, 11) is 0. The minimum absolute atomic E-state index is 0.241. The Morgan fingerprint density at radius 2 is 2.00 bits per heavy atom. The van der Waals surface area contributed by atoms with E-state index in [1.807, 2.05) is 43.3 Å². The van der Waals surface area contributed by atoms with Crippen molar-refractivity contribution < 1.29 is 9.59 Å². The summed E-state index contributed by atoms with van der Waals surface area (Å²) in [6.07, 6.45) is 1.61. The van der Waals surface area contributed by atoms with Gasteiger partial charge in [0, 0.05) is 30.7 Å². The summed E-state index contributed by atoms with van der Waals surface area (Å²) < 4.78 is 0. The zero-order valence-electron chi connectivity index (χ0n) is 15.6. The van der Waals surface area contributed by atoms with Gasteiger partial charge in [-0.3, -0.25) is 14.6 Å². The molecule has 0 spiro atoms. The molecular formula is C21H21N5O2. The van der Waals surface area contributed by atoms with E-state index in [-0.39, 0.29) is 11.8 Å². The Bertz CT molecular complexity index is 1020. The molecule has 28 heavy (non-hydrogen) atoms. The average Bonchev–Trinajstić information content (AvgIpc) is 2.74. The van der Waals surface area contributed by atoms with E-state index in [4.69, 9.17) is 0 Å². The summed E-state index contributed by atoms with van der Waals surface area (Å²) in [6, 6.07) is 14.3. The van der Waals surface area contributed by atoms with Crippen molar-refractivity contribution in [3.05, 3.63) is 66.1 Å². The summed E-state index contributed by atoms with van der Waals surface area (Å²) in [5, 5.41) is 7.01. The van der Waals surface area contributed by atoms with E-state index in [9.17, 15) is 9.59 Å². The largest absolute Gasteiger partial charge is 0.323 e. The molecule has 0 radical (unpaired) electrons. The SMILES string of the molecule is Cc1ccc(NC(=O)[C@@H]2CNCCN2C(=O)c2ccc3ccccc3n2)cn1. The number of aryl methyl sites for hydroxylation is 1. The van der Waals surface area contributed by atoms with Crippen molar-refractivity contribution in [2.75, 3.05) is 25.0 Å². The van der Waals surface area contributed by atoms with Gasteiger partial charge in [0.2, 0.25) is 5.91 Å². The minimum Gasteiger partial charge on any atom is -0.323 e. The summed E-state index contributed by atoms with van der Waals surface area (Å²) in [6.45, 7) is 3.35. The van der Waals surface area contributed by atoms with Gasteiger partial charge in [-0.15, -0.1) is 0 Å². The molecule has 1 fully saturated rings. The molecule has 142 valence electrons. The third-order valence-corrected chi connectivity index (χ3v) is 4.80. The van der Waals surface area contributed by atoms with Gasteiger partial charge in [0.25, 0.3) is 5.91 Å². The number of para-hydroxylation sites is 1. The first-order chi connectivity index (χ1) is 13.6. The molecule has 7 heteroatoms. The smallest absolute Gasteiger partial charge is 0.273 e. The van der Waals surface area contributed by atoms with Crippen LogP contribution in [-0.4, -0.2) is 52.4 Å². The molecular weight excluding hydrogens is 354 g/mol. The standard InChI is InChI=1S/C21H21N5O2/c1-14-6-8-16(12-23-14)24-20(27)19-13-22-10-11-26(19)21(28)18-9-7-15-4-2-3-5-17(15)25-18/h2-9,12,19,22H,10-11,13H2,1H3,(H,24,27)/t19-/m0/s1. The second-order valence-corrected chi connectivity index (χ2v) is 6.79. The highest BCUT2D eigenvalue weighted by Gasteiger charge is 2.33. The first-order valence-electron chi connectivity index (χ1n) is 9.23. The second-order valence-electron chi connectivity index (χ2n) is 6.79. The molecule has 3 heterocycles. The van der Waals surface area contributed by atoms with E-state index in [0.29, 0.717) is 31.0 Å². The van der Waals surface area contributed by atoms with Gasteiger partial charge < -0.3 is 15.5 Å². The first-order valence-corrected chi connectivity index (χ1v) is 9.23. The molecule has 0 unspecified atom stereocenters. The number of hydrogen-bond acceptors (Lipinski definition) is 5. The fraction of sp³-hybridized carbons (Fsp3) is 0.238. The molecule has 7 nitrogen and oxygen atoms in total. The molecule has 1 aliphatic rings. The predicted octanol–water partition coefficient (Wildman–Crippen LogP) is 1.99. The van der Waals surface area contributed by atoms with E-state index >= 15 is 0 Å². The average molecular weight is 375 g/mol. The van der Waals surface area contributed by atoms with Crippen LogP contribution in [0.4, 0.5) is 5.69 Å². The zero-order chi connectivity index (χ0) is 19.5. The number of hydrogen-bond donors (Lipinski definition) is 2. The molecule has 0 saturated carbocycles. The lowest BCUT2D eigenvalue weighted by Gasteiger charge is -2.35. The number of fused-ring (bicyclic) bond motifs is 1. The number of amides is 2. The van der Waals surface area contributed by atoms with Crippen LogP contribution in [0.15, 0.2) is 54.7 Å². The second kappa shape index (κ2) is 7.74. The highest BCUT2D eigenvalue weighted by Crippen LogP contribution is 2.16. The van der Waals surface area contributed by atoms with E-state index in [2.05, 4.69) is 20.6 Å². The Balaban J connectivity index is 1.55. The van der Waals surface area contributed by atoms with Gasteiger partial charge in [0.05, 0.1) is 17.4 Å². The Hall–Kier alpha value is -3.32. The molecule has 2 amide bonds. The topological polar surface area (TPSA) is 87.2 Å². The van der Waals surface area contributed by atoms with E-state index < -0.39 is 6.04 Å². The minimum atomic E-state index is -0.615. The van der Waals surface area contributed by atoms with Crippen LogP contribution in [0.25, 0.3) is 10.9 Å². The van der Waals surface area contributed by atoms with Gasteiger partial charge in [-0.1, -0.05) is 24.3 Å². The van der Waals surface area contributed by atoms with Gasteiger partial charge >= 0.3 is 0 Å². The fourth-order valence-corrected chi connectivity index (χ4v) is 3.28. The van der Waals surface area contributed by atoms with Crippen molar-refractivity contribution >= 4 is 28.4 Å². The number of aromatic nitrogens is 2. The van der Waals surface area contributed by atoms with Crippen LogP contribution < -0.4 is 10.6 Å². The lowest BCUT2D eigenvalue weighted by Crippen LogP contribution is -2.58. The molecule has 2 N–H and O–H groups in total. The summed E-state index contributed by atoms with van der Waals surface area (Å²) >= 11 is 0. The molecule has 1 atom stereocenters. The number of carbonyl (C=O) groups is 2. The highest BCUT2D eigenvalue weighted by atomic mass is 16.2. The number of rotatable bonds is 3. The van der Waals surface area contributed by atoms with Crippen molar-refractivity contribution in [1.29, 1.82) is 0 Å². The zero-order valence-corrected chi connectivity index (χ0v) is 15.6. The maximum atomic E-state index is 13.1. The molecule has 4 rings (SSSR count). The molecule has 1 saturated heterocycles. The molecule has 1 aromatic carbocycles. The summed E-state index contributed by atoms with van der Waals surface area (Å²) in [5.41, 5.74) is 2.58. The van der Waals surface area contributed by atoms with Gasteiger partial charge in [-0.2, -0.15) is 0 Å². The van der Waals surface area contributed by atoms with Crippen LogP contribution in [-0.2, 0) is 4.79 Å². The third kappa shape index (κ3) is 3.70.